The molecule has 0 spiro atoms. The van der Waals surface area contributed by atoms with Gasteiger partial charge in [-0.3, -0.25) is 4.90 Å². The van der Waals surface area contributed by atoms with E-state index in [-0.39, 0.29) is 12.1 Å². The van der Waals surface area contributed by atoms with Gasteiger partial charge in [0, 0.05) is 30.6 Å². The third-order valence-electron chi connectivity index (χ3n) is 3.63. The lowest BCUT2D eigenvalue weighted by Crippen LogP contribution is -2.50. The highest BCUT2D eigenvalue weighted by Crippen LogP contribution is 2.23. The fourth-order valence-corrected chi connectivity index (χ4v) is 3.01. The van der Waals surface area contributed by atoms with Gasteiger partial charge in [-0.2, -0.15) is 0 Å². The van der Waals surface area contributed by atoms with E-state index in [4.69, 9.17) is 0 Å². The number of aliphatic hydroxyl groups excluding tert-OH is 1. The van der Waals surface area contributed by atoms with Crippen molar-refractivity contribution in [2.75, 3.05) is 19.7 Å². The van der Waals surface area contributed by atoms with Crippen LogP contribution in [0.1, 0.15) is 25.1 Å². The van der Waals surface area contributed by atoms with E-state index >= 15 is 0 Å². The standard InChI is InChI=1S/C13H22N2OS/c1-11(2)15-6-5-13(9-15,10-16)14-8-12-4-3-7-17-12/h3-4,7,11,14,16H,5-6,8-10H2,1-2H3. The molecule has 1 fully saturated rings. The Bertz CT molecular complexity index is 339. The van der Waals surface area contributed by atoms with E-state index < -0.39 is 0 Å². The van der Waals surface area contributed by atoms with Crippen LogP contribution in [0.25, 0.3) is 0 Å². The molecule has 2 N–H and O–H groups in total. The van der Waals surface area contributed by atoms with Crippen LogP contribution >= 0.6 is 11.3 Å². The molecule has 96 valence electrons. The predicted molar refractivity (Wildman–Crippen MR) is 72.3 cm³/mol. The lowest BCUT2D eigenvalue weighted by atomic mass is 10.00. The van der Waals surface area contributed by atoms with Gasteiger partial charge in [0.15, 0.2) is 0 Å². The molecule has 3 nitrogen and oxygen atoms in total. The molecule has 1 aliphatic heterocycles. The van der Waals surface area contributed by atoms with Crippen LogP contribution in [0.2, 0.25) is 0 Å². The Balaban J connectivity index is 1.92. The first-order valence-electron chi connectivity index (χ1n) is 6.27. The lowest BCUT2D eigenvalue weighted by Gasteiger charge is -2.29. The molecule has 1 atom stereocenters. The average molecular weight is 254 g/mol. The van der Waals surface area contributed by atoms with Crippen molar-refractivity contribution in [3.8, 4) is 0 Å². The Morgan fingerprint density at radius 2 is 2.41 bits per heavy atom. The maximum atomic E-state index is 9.66. The molecule has 17 heavy (non-hydrogen) atoms. The number of hydrogen-bond acceptors (Lipinski definition) is 4. The van der Waals surface area contributed by atoms with E-state index in [2.05, 4.69) is 41.6 Å². The topological polar surface area (TPSA) is 35.5 Å². The van der Waals surface area contributed by atoms with Gasteiger partial charge in [0.25, 0.3) is 0 Å². The molecule has 1 aliphatic rings. The van der Waals surface area contributed by atoms with Crippen molar-refractivity contribution in [2.24, 2.45) is 0 Å². The number of nitrogens with one attached hydrogen (secondary N) is 1. The zero-order valence-corrected chi connectivity index (χ0v) is 11.5. The Hall–Kier alpha value is -0.420. The zero-order valence-electron chi connectivity index (χ0n) is 10.6. The van der Waals surface area contributed by atoms with Crippen molar-refractivity contribution in [1.29, 1.82) is 0 Å². The monoisotopic (exact) mass is 254 g/mol. The molecule has 0 aromatic carbocycles. The van der Waals surface area contributed by atoms with E-state index in [1.807, 2.05) is 0 Å². The van der Waals surface area contributed by atoms with Gasteiger partial charge in [0.05, 0.1) is 12.1 Å². The number of hydrogen-bond donors (Lipinski definition) is 2. The molecule has 2 rings (SSSR count). The third-order valence-corrected chi connectivity index (χ3v) is 4.51. The van der Waals surface area contributed by atoms with Crippen LogP contribution < -0.4 is 5.32 Å². The minimum absolute atomic E-state index is 0.103. The van der Waals surface area contributed by atoms with E-state index in [9.17, 15) is 5.11 Å². The third kappa shape index (κ3) is 3.07. The highest BCUT2D eigenvalue weighted by atomic mass is 32.1. The quantitative estimate of drug-likeness (QED) is 0.839. The van der Waals surface area contributed by atoms with Gasteiger partial charge in [-0.15, -0.1) is 11.3 Å². The highest BCUT2D eigenvalue weighted by Gasteiger charge is 2.37. The molecular formula is C13H22N2OS. The molecule has 1 aromatic rings. The second-order valence-corrected chi connectivity index (χ2v) is 6.22. The molecule has 1 saturated heterocycles. The lowest BCUT2D eigenvalue weighted by molar-refractivity contribution is 0.152. The summed E-state index contributed by atoms with van der Waals surface area (Å²) in [4.78, 5) is 3.76. The van der Waals surface area contributed by atoms with E-state index in [0.29, 0.717) is 6.04 Å². The molecule has 0 aliphatic carbocycles. The summed E-state index contributed by atoms with van der Waals surface area (Å²) in [5, 5.41) is 15.3. The van der Waals surface area contributed by atoms with E-state index in [1.54, 1.807) is 11.3 Å². The maximum absolute atomic E-state index is 9.66. The first kappa shape index (κ1) is 13.0. The van der Waals surface area contributed by atoms with Crippen LogP contribution in [0.15, 0.2) is 17.5 Å². The van der Waals surface area contributed by atoms with Crippen LogP contribution in [0, 0.1) is 0 Å². The molecule has 0 saturated carbocycles. The highest BCUT2D eigenvalue weighted by molar-refractivity contribution is 7.09. The number of thiophene rings is 1. The second-order valence-electron chi connectivity index (χ2n) is 5.19. The predicted octanol–water partition coefficient (Wildman–Crippen LogP) is 1.68. The molecule has 0 radical (unpaired) electrons. The van der Waals surface area contributed by atoms with Gasteiger partial charge in [-0.05, 0) is 31.7 Å². The Morgan fingerprint density at radius 3 is 2.94 bits per heavy atom. The van der Waals surface area contributed by atoms with Gasteiger partial charge >= 0.3 is 0 Å². The SMILES string of the molecule is CC(C)N1CCC(CO)(NCc2cccs2)C1. The van der Waals surface area contributed by atoms with Gasteiger partial charge in [0.1, 0.15) is 0 Å². The Labute approximate surface area is 107 Å². The van der Waals surface area contributed by atoms with Crippen molar-refractivity contribution in [3.63, 3.8) is 0 Å². The number of nitrogens with zero attached hydrogens (tertiary/aromatic N) is 1. The summed E-state index contributed by atoms with van der Waals surface area (Å²) in [6.45, 7) is 7.55. The summed E-state index contributed by atoms with van der Waals surface area (Å²) in [6.07, 6.45) is 1.03. The summed E-state index contributed by atoms with van der Waals surface area (Å²) in [7, 11) is 0. The smallest absolute Gasteiger partial charge is 0.0626 e. The normalized spacial score (nSPS) is 25.9. The van der Waals surface area contributed by atoms with E-state index in [0.717, 1.165) is 26.1 Å². The molecule has 0 bridgehead atoms. The second kappa shape index (κ2) is 5.48. The number of likely N-dealkylation sites (tertiary alicyclic amines) is 1. The average Bonchev–Trinajstić information content (AvgIpc) is 2.97. The summed E-state index contributed by atoms with van der Waals surface area (Å²) in [5.74, 6) is 0. The fourth-order valence-electron chi connectivity index (χ4n) is 2.36. The van der Waals surface area contributed by atoms with Crippen LogP contribution in [0.5, 0.6) is 0 Å². The molecular weight excluding hydrogens is 232 g/mol. The first-order valence-corrected chi connectivity index (χ1v) is 7.15. The maximum Gasteiger partial charge on any atom is 0.0626 e. The minimum Gasteiger partial charge on any atom is -0.394 e. The largest absolute Gasteiger partial charge is 0.394 e. The van der Waals surface area contributed by atoms with Crippen molar-refractivity contribution in [3.05, 3.63) is 22.4 Å². The zero-order chi connectivity index (χ0) is 12.3. The summed E-state index contributed by atoms with van der Waals surface area (Å²) in [5.41, 5.74) is -0.103. The van der Waals surface area contributed by atoms with Gasteiger partial charge in [-0.25, -0.2) is 0 Å². The summed E-state index contributed by atoms with van der Waals surface area (Å²) >= 11 is 1.76. The van der Waals surface area contributed by atoms with Crippen LogP contribution in [0.3, 0.4) is 0 Å². The molecule has 1 unspecified atom stereocenters. The number of aliphatic hydroxyl groups is 1. The van der Waals surface area contributed by atoms with E-state index in [1.165, 1.54) is 4.88 Å². The molecule has 1 aromatic heterocycles. The first-order chi connectivity index (χ1) is 8.15. The minimum atomic E-state index is -0.103. The van der Waals surface area contributed by atoms with Crippen LogP contribution in [-0.4, -0.2) is 41.3 Å². The van der Waals surface area contributed by atoms with Crippen molar-refractivity contribution in [1.82, 2.24) is 10.2 Å². The van der Waals surface area contributed by atoms with Crippen LogP contribution in [-0.2, 0) is 6.54 Å². The van der Waals surface area contributed by atoms with Crippen molar-refractivity contribution in [2.45, 2.75) is 38.4 Å². The molecule has 0 amide bonds. The van der Waals surface area contributed by atoms with Crippen molar-refractivity contribution >= 4 is 11.3 Å². The summed E-state index contributed by atoms with van der Waals surface area (Å²) < 4.78 is 0. The van der Waals surface area contributed by atoms with Crippen molar-refractivity contribution < 1.29 is 5.11 Å². The Morgan fingerprint density at radius 1 is 1.59 bits per heavy atom. The Kier molecular flexibility index (Phi) is 4.20. The molecule has 4 heteroatoms. The van der Waals surface area contributed by atoms with Gasteiger partial charge < -0.3 is 10.4 Å². The summed E-state index contributed by atoms with van der Waals surface area (Å²) in [6, 6.07) is 4.77. The molecule has 2 heterocycles. The van der Waals surface area contributed by atoms with Gasteiger partial charge in [-0.1, -0.05) is 6.07 Å². The number of rotatable bonds is 5. The fraction of sp³-hybridized carbons (Fsp3) is 0.692. The van der Waals surface area contributed by atoms with Crippen LogP contribution in [0.4, 0.5) is 0 Å². The van der Waals surface area contributed by atoms with Gasteiger partial charge in [0.2, 0.25) is 0 Å².